The zero-order valence-corrected chi connectivity index (χ0v) is 18.7. The van der Waals surface area contributed by atoms with E-state index < -0.39 is 17.8 Å². The van der Waals surface area contributed by atoms with Crippen LogP contribution in [0.1, 0.15) is 15.9 Å². The first-order valence-corrected chi connectivity index (χ1v) is 10.6. The van der Waals surface area contributed by atoms with E-state index in [-0.39, 0.29) is 28.9 Å². The molecule has 7 nitrogen and oxygen atoms in total. The number of allylic oxidation sites excluding steroid dienone is 2. The van der Waals surface area contributed by atoms with E-state index in [4.69, 9.17) is 22.4 Å². The van der Waals surface area contributed by atoms with Gasteiger partial charge in [0.2, 0.25) is 0 Å². The van der Waals surface area contributed by atoms with Crippen molar-refractivity contribution in [2.75, 3.05) is 32.7 Å². The minimum Gasteiger partial charge on any atom is -0.480 e. The number of rotatable bonds is 6. The monoisotopic (exact) mass is 494 g/mol. The van der Waals surface area contributed by atoms with E-state index >= 15 is 0 Å². The summed E-state index contributed by atoms with van der Waals surface area (Å²) in [6, 6.07) is 12.4. The topological polar surface area (TPSA) is 99.2 Å². The molecule has 0 aliphatic carbocycles. The quantitative estimate of drug-likeness (QED) is 0.596. The van der Waals surface area contributed by atoms with Gasteiger partial charge in [0.15, 0.2) is 0 Å². The van der Waals surface area contributed by atoms with Crippen molar-refractivity contribution in [3.05, 3.63) is 76.5 Å². The molecule has 11 heteroatoms. The summed E-state index contributed by atoms with van der Waals surface area (Å²) in [4.78, 5) is 31.3. The van der Waals surface area contributed by atoms with Gasteiger partial charge < -0.3 is 15.7 Å². The first-order chi connectivity index (χ1) is 16.0. The average Bonchev–Trinajstić information content (AvgIpc) is 2.79. The number of aliphatic carboxylic acids is 1. The Kier molecular flexibility index (Phi) is 7.95. The molecule has 1 saturated heterocycles. The van der Waals surface area contributed by atoms with Gasteiger partial charge in [0.25, 0.3) is 5.91 Å². The van der Waals surface area contributed by atoms with E-state index in [0.29, 0.717) is 37.3 Å². The molecule has 0 unspecified atom stereocenters. The van der Waals surface area contributed by atoms with Crippen LogP contribution in [-0.2, 0) is 4.79 Å². The number of aliphatic imine (C=N–C) groups is 1. The molecule has 0 aromatic heterocycles. The highest BCUT2D eigenvalue weighted by molar-refractivity contribution is 6.33. The predicted octanol–water partition coefficient (Wildman–Crippen LogP) is 3.71. The van der Waals surface area contributed by atoms with Crippen LogP contribution in [0.3, 0.4) is 0 Å². The molecule has 0 bridgehead atoms. The van der Waals surface area contributed by atoms with E-state index in [1.165, 1.54) is 24.3 Å². The Labute approximate surface area is 198 Å². The van der Waals surface area contributed by atoms with Gasteiger partial charge in [-0.3, -0.25) is 14.5 Å². The summed E-state index contributed by atoms with van der Waals surface area (Å²) in [6.45, 7) is 1.53. The third kappa shape index (κ3) is 6.58. The molecule has 2 aromatic rings. The number of carboxylic acid groups (broad SMARTS) is 1. The molecule has 0 spiro atoms. The van der Waals surface area contributed by atoms with Crippen molar-refractivity contribution in [2.24, 2.45) is 10.7 Å². The van der Waals surface area contributed by atoms with Crippen LogP contribution in [0.25, 0.3) is 0 Å². The van der Waals surface area contributed by atoms with Crippen molar-refractivity contribution in [3.63, 3.8) is 0 Å². The molecular weight excluding hydrogens is 473 g/mol. The Morgan fingerprint density at radius 2 is 1.62 bits per heavy atom. The molecule has 0 radical (unpaired) electrons. The van der Waals surface area contributed by atoms with E-state index in [9.17, 15) is 22.8 Å². The molecule has 1 amide bonds. The van der Waals surface area contributed by atoms with E-state index in [0.717, 1.165) is 6.08 Å². The Hall–Kier alpha value is -3.37. The van der Waals surface area contributed by atoms with E-state index in [1.54, 1.807) is 34.1 Å². The van der Waals surface area contributed by atoms with Gasteiger partial charge in [-0.15, -0.1) is 0 Å². The molecule has 2 aromatic carbocycles. The highest BCUT2D eigenvalue weighted by Gasteiger charge is 2.32. The molecule has 1 aliphatic heterocycles. The third-order valence-electron chi connectivity index (χ3n) is 5.16. The van der Waals surface area contributed by atoms with Crippen molar-refractivity contribution in [1.82, 2.24) is 9.80 Å². The van der Waals surface area contributed by atoms with Gasteiger partial charge in [0.1, 0.15) is 5.70 Å². The molecule has 0 saturated carbocycles. The zero-order valence-electron chi connectivity index (χ0n) is 17.9. The van der Waals surface area contributed by atoms with Crippen LogP contribution < -0.4 is 5.73 Å². The summed E-state index contributed by atoms with van der Waals surface area (Å²) >= 11 is 6.11. The van der Waals surface area contributed by atoms with Crippen molar-refractivity contribution in [1.29, 1.82) is 0 Å². The molecule has 3 rings (SSSR count). The number of amides is 1. The Bertz CT molecular complexity index is 1110. The average molecular weight is 495 g/mol. The van der Waals surface area contributed by atoms with Gasteiger partial charge in [0, 0.05) is 37.3 Å². The lowest BCUT2D eigenvalue weighted by atomic mass is 10.0. The normalized spacial score (nSPS) is 15.9. The number of hydrogen-bond donors (Lipinski definition) is 2. The fourth-order valence-electron chi connectivity index (χ4n) is 3.35. The second-order valence-corrected chi connectivity index (χ2v) is 7.99. The number of carbonyl (C=O) groups excluding carboxylic acids is 1. The van der Waals surface area contributed by atoms with Crippen LogP contribution in [0.2, 0.25) is 5.02 Å². The lowest BCUT2D eigenvalue weighted by molar-refractivity contribution is -0.138. The summed E-state index contributed by atoms with van der Waals surface area (Å²) < 4.78 is 39.2. The molecule has 3 N–H and O–H groups in total. The van der Waals surface area contributed by atoms with Crippen molar-refractivity contribution >= 4 is 34.9 Å². The highest BCUT2D eigenvalue weighted by atomic mass is 35.5. The predicted molar refractivity (Wildman–Crippen MR) is 122 cm³/mol. The maximum Gasteiger partial charge on any atom is 0.430 e. The third-order valence-corrected chi connectivity index (χ3v) is 5.48. The van der Waals surface area contributed by atoms with Gasteiger partial charge in [-0.1, -0.05) is 35.9 Å². The summed E-state index contributed by atoms with van der Waals surface area (Å²) in [7, 11) is 0. The largest absolute Gasteiger partial charge is 0.480 e. The number of alkyl halides is 3. The van der Waals surface area contributed by atoms with Crippen LogP contribution in [0.5, 0.6) is 0 Å². The molecule has 1 aliphatic rings. The number of nitrogens with zero attached hydrogens (tertiary/aromatic N) is 3. The molecular formula is C23H22ClF3N4O3. The zero-order chi connectivity index (χ0) is 24.9. The van der Waals surface area contributed by atoms with Crippen molar-refractivity contribution in [2.45, 2.75) is 6.18 Å². The Morgan fingerprint density at radius 3 is 2.18 bits per heavy atom. The van der Waals surface area contributed by atoms with Gasteiger partial charge in [0.05, 0.1) is 23.0 Å². The second kappa shape index (κ2) is 10.7. The summed E-state index contributed by atoms with van der Waals surface area (Å²) in [6.07, 6.45) is -4.01. The number of halogens is 4. The standard InChI is InChI=1S/C23H22ClF3N4O3/c24-17-3-1-2-4-18(17)29-19(13-20(28)23(25,26)27)15-5-7-16(8-6-15)22(34)31-11-9-30(10-12-31)14-21(32)33/h1-8,13H,9-12,14,28H2,(H,32,33)/b20-13-,29-19?. The van der Waals surface area contributed by atoms with Gasteiger partial charge >= 0.3 is 12.1 Å². The minimum atomic E-state index is -4.74. The van der Waals surface area contributed by atoms with E-state index in [1.807, 2.05) is 0 Å². The smallest absolute Gasteiger partial charge is 0.430 e. The number of piperazine rings is 1. The number of carbonyl (C=O) groups is 2. The molecule has 1 heterocycles. The van der Waals surface area contributed by atoms with Crippen LogP contribution in [0, 0.1) is 0 Å². The first kappa shape index (κ1) is 25.3. The fourth-order valence-corrected chi connectivity index (χ4v) is 3.53. The number of benzene rings is 2. The number of para-hydroxylation sites is 1. The Balaban J connectivity index is 1.83. The summed E-state index contributed by atoms with van der Waals surface area (Å²) in [5, 5.41) is 9.14. The molecule has 0 atom stereocenters. The van der Waals surface area contributed by atoms with Gasteiger partial charge in [-0.2, -0.15) is 13.2 Å². The summed E-state index contributed by atoms with van der Waals surface area (Å²) in [5.41, 5.74) is 4.76. The molecule has 34 heavy (non-hydrogen) atoms. The van der Waals surface area contributed by atoms with Crippen LogP contribution in [-0.4, -0.2) is 71.4 Å². The maximum absolute atomic E-state index is 13.1. The summed E-state index contributed by atoms with van der Waals surface area (Å²) in [5.74, 6) is -1.18. The minimum absolute atomic E-state index is 0.0655. The lowest BCUT2D eigenvalue weighted by Crippen LogP contribution is -2.49. The van der Waals surface area contributed by atoms with Gasteiger partial charge in [-0.25, -0.2) is 4.99 Å². The van der Waals surface area contributed by atoms with Crippen LogP contribution in [0.15, 0.2) is 65.3 Å². The number of nitrogens with two attached hydrogens (primary N) is 1. The second-order valence-electron chi connectivity index (χ2n) is 7.59. The Morgan fingerprint density at radius 1 is 1.03 bits per heavy atom. The van der Waals surface area contributed by atoms with Crippen molar-refractivity contribution < 1.29 is 27.9 Å². The number of hydrogen-bond acceptors (Lipinski definition) is 5. The lowest BCUT2D eigenvalue weighted by Gasteiger charge is -2.33. The van der Waals surface area contributed by atoms with E-state index in [2.05, 4.69) is 4.99 Å². The number of carboxylic acids is 1. The highest BCUT2D eigenvalue weighted by Crippen LogP contribution is 2.27. The van der Waals surface area contributed by atoms with Crippen LogP contribution >= 0.6 is 11.6 Å². The first-order valence-electron chi connectivity index (χ1n) is 10.3. The van der Waals surface area contributed by atoms with Crippen molar-refractivity contribution in [3.8, 4) is 0 Å². The molecule has 1 fully saturated rings. The SMILES string of the molecule is N/C(=C\C(=Nc1ccccc1Cl)c1ccc(C(=O)N2CCN(CC(=O)O)CC2)cc1)C(F)(F)F. The maximum atomic E-state index is 13.1. The molecule has 180 valence electrons. The van der Waals surface area contributed by atoms with Gasteiger partial charge in [-0.05, 0) is 30.3 Å². The van der Waals surface area contributed by atoms with Crippen LogP contribution in [0.4, 0.5) is 18.9 Å². The fraction of sp³-hybridized carbons (Fsp3) is 0.261.